The number of aryl methyl sites for hydroxylation is 3. The van der Waals surface area contributed by atoms with Gasteiger partial charge < -0.3 is 9.42 Å². The summed E-state index contributed by atoms with van der Waals surface area (Å²) in [6.45, 7) is 7.42. The Balaban J connectivity index is 1.68. The second-order valence-corrected chi connectivity index (χ2v) is 6.53. The quantitative estimate of drug-likeness (QED) is 0.855. The first kappa shape index (κ1) is 16.7. The first-order valence-corrected chi connectivity index (χ1v) is 8.59. The molecular formula is C17H25N5O2. The van der Waals surface area contributed by atoms with E-state index in [0.29, 0.717) is 18.9 Å². The van der Waals surface area contributed by atoms with E-state index in [-0.39, 0.29) is 11.8 Å². The molecule has 0 unspecified atom stereocenters. The minimum absolute atomic E-state index is 0.151. The summed E-state index contributed by atoms with van der Waals surface area (Å²) in [5.74, 6) is 1.72. The van der Waals surface area contributed by atoms with E-state index in [1.165, 1.54) is 0 Å². The number of aromatic nitrogens is 4. The van der Waals surface area contributed by atoms with Gasteiger partial charge in [-0.15, -0.1) is 0 Å². The lowest BCUT2D eigenvalue weighted by Crippen LogP contribution is -2.40. The third kappa shape index (κ3) is 3.20. The Labute approximate surface area is 142 Å². The van der Waals surface area contributed by atoms with Gasteiger partial charge in [-0.2, -0.15) is 10.1 Å². The Morgan fingerprint density at radius 1 is 1.38 bits per heavy atom. The van der Waals surface area contributed by atoms with E-state index >= 15 is 0 Å². The van der Waals surface area contributed by atoms with Crippen LogP contribution < -0.4 is 0 Å². The molecule has 0 saturated carbocycles. The molecule has 3 heterocycles. The maximum absolute atomic E-state index is 12.7. The lowest BCUT2D eigenvalue weighted by Gasteiger charge is -2.31. The van der Waals surface area contributed by atoms with Gasteiger partial charge in [-0.1, -0.05) is 12.1 Å². The van der Waals surface area contributed by atoms with Crippen LogP contribution >= 0.6 is 0 Å². The molecule has 2 aromatic heterocycles. The fourth-order valence-electron chi connectivity index (χ4n) is 3.33. The molecule has 1 fully saturated rings. The van der Waals surface area contributed by atoms with Crippen molar-refractivity contribution in [2.45, 2.75) is 52.4 Å². The second-order valence-electron chi connectivity index (χ2n) is 6.53. The molecule has 7 heteroatoms. The van der Waals surface area contributed by atoms with Gasteiger partial charge in [0.25, 0.3) is 0 Å². The molecule has 1 aliphatic rings. The number of hydrogen-bond donors (Lipinski definition) is 0. The van der Waals surface area contributed by atoms with E-state index in [2.05, 4.69) is 15.2 Å². The van der Waals surface area contributed by atoms with Crippen molar-refractivity contribution in [1.29, 1.82) is 0 Å². The molecule has 130 valence electrons. The number of carbonyl (C=O) groups excluding carboxylic acids is 1. The van der Waals surface area contributed by atoms with Crippen LogP contribution in [-0.4, -0.2) is 43.8 Å². The van der Waals surface area contributed by atoms with Crippen LogP contribution in [0, 0.1) is 13.8 Å². The Hall–Kier alpha value is -2.18. The Morgan fingerprint density at radius 2 is 2.17 bits per heavy atom. The molecular weight excluding hydrogens is 306 g/mol. The van der Waals surface area contributed by atoms with E-state index in [4.69, 9.17) is 4.52 Å². The highest BCUT2D eigenvalue weighted by molar-refractivity contribution is 5.79. The summed E-state index contributed by atoms with van der Waals surface area (Å²) in [5.41, 5.74) is 3.03. The van der Waals surface area contributed by atoms with Gasteiger partial charge >= 0.3 is 0 Å². The molecule has 0 spiro atoms. The summed E-state index contributed by atoms with van der Waals surface area (Å²) in [7, 11) is 1.91. The largest absolute Gasteiger partial charge is 0.342 e. The van der Waals surface area contributed by atoms with Crippen LogP contribution in [0.3, 0.4) is 0 Å². The van der Waals surface area contributed by atoms with Crippen molar-refractivity contribution in [2.24, 2.45) is 7.05 Å². The van der Waals surface area contributed by atoms with Crippen molar-refractivity contribution in [1.82, 2.24) is 24.8 Å². The normalized spacial score (nSPS) is 18.2. The molecule has 0 N–H and O–H groups in total. The predicted molar refractivity (Wildman–Crippen MR) is 88.6 cm³/mol. The summed E-state index contributed by atoms with van der Waals surface area (Å²) in [6, 6.07) is 0. The van der Waals surface area contributed by atoms with Crippen LogP contribution in [0.4, 0.5) is 0 Å². The monoisotopic (exact) mass is 331 g/mol. The maximum Gasteiger partial charge on any atom is 0.227 e. The average Bonchev–Trinajstić information content (AvgIpc) is 3.15. The number of carbonyl (C=O) groups is 1. The number of amides is 1. The van der Waals surface area contributed by atoms with Crippen molar-refractivity contribution in [3.8, 4) is 0 Å². The molecule has 0 bridgehead atoms. The van der Waals surface area contributed by atoms with E-state index in [9.17, 15) is 4.79 Å². The molecule has 0 radical (unpaired) electrons. The van der Waals surface area contributed by atoms with Gasteiger partial charge in [-0.25, -0.2) is 0 Å². The van der Waals surface area contributed by atoms with Gasteiger partial charge in [0.15, 0.2) is 5.82 Å². The van der Waals surface area contributed by atoms with Crippen molar-refractivity contribution in [3.05, 3.63) is 28.7 Å². The van der Waals surface area contributed by atoms with E-state index < -0.39 is 0 Å². The lowest BCUT2D eigenvalue weighted by molar-refractivity contribution is -0.131. The summed E-state index contributed by atoms with van der Waals surface area (Å²) >= 11 is 0. The van der Waals surface area contributed by atoms with Crippen molar-refractivity contribution < 1.29 is 9.32 Å². The molecule has 24 heavy (non-hydrogen) atoms. The summed E-state index contributed by atoms with van der Waals surface area (Å²) < 4.78 is 7.05. The van der Waals surface area contributed by atoms with Gasteiger partial charge in [0.05, 0.1) is 12.1 Å². The van der Waals surface area contributed by atoms with Gasteiger partial charge in [0.2, 0.25) is 11.8 Å². The Bertz CT molecular complexity index is 733. The number of likely N-dealkylation sites (tertiary alicyclic amines) is 1. The zero-order chi connectivity index (χ0) is 17.3. The molecule has 3 rings (SSSR count). The summed E-state index contributed by atoms with van der Waals surface area (Å²) in [5, 5.41) is 8.48. The fourth-order valence-corrected chi connectivity index (χ4v) is 3.33. The molecule has 1 saturated heterocycles. The summed E-state index contributed by atoms with van der Waals surface area (Å²) in [6.07, 6.45) is 3.11. The van der Waals surface area contributed by atoms with Gasteiger partial charge in [-0.3, -0.25) is 9.48 Å². The first-order chi connectivity index (χ1) is 11.5. The highest BCUT2D eigenvalue weighted by atomic mass is 16.5. The van der Waals surface area contributed by atoms with Gasteiger partial charge in [0, 0.05) is 43.7 Å². The number of piperidine rings is 1. The van der Waals surface area contributed by atoms with Crippen LogP contribution in [0.5, 0.6) is 0 Å². The molecule has 1 atom stereocenters. The molecule has 1 aliphatic heterocycles. The smallest absolute Gasteiger partial charge is 0.227 e. The van der Waals surface area contributed by atoms with Crippen LogP contribution in [-0.2, 0) is 24.7 Å². The minimum atomic E-state index is 0.151. The lowest BCUT2D eigenvalue weighted by atomic mass is 9.96. The topological polar surface area (TPSA) is 77.1 Å². The van der Waals surface area contributed by atoms with Crippen LogP contribution in [0.1, 0.15) is 54.3 Å². The van der Waals surface area contributed by atoms with Crippen molar-refractivity contribution >= 4 is 5.91 Å². The maximum atomic E-state index is 12.7. The predicted octanol–water partition coefficient (Wildman–Crippen LogP) is 1.93. The SMILES string of the molecule is CCc1nc([C@H]2CCCN(C(=O)Cc3c(C)nn(C)c3C)C2)no1. The highest BCUT2D eigenvalue weighted by Crippen LogP contribution is 2.26. The van der Waals surface area contributed by atoms with E-state index in [1.807, 2.05) is 37.4 Å². The number of nitrogens with zero attached hydrogens (tertiary/aromatic N) is 5. The van der Waals surface area contributed by atoms with E-state index in [0.717, 1.165) is 48.6 Å². The highest BCUT2D eigenvalue weighted by Gasteiger charge is 2.28. The van der Waals surface area contributed by atoms with Crippen molar-refractivity contribution in [2.75, 3.05) is 13.1 Å². The van der Waals surface area contributed by atoms with Gasteiger partial charge in [-0.05, 0) is 26.7 Å². The standard InChI is InChI=1S/C17H25N5O2/c1-5-15-18-17(20-24-15)13-7-6-8-22(10-13)16(23)9-14-11(2)19-21(4)12(14)3/h13H,5-10H2,1-4H3/t13-/m0/s1. The first-order valence-electron chi connectivity index (χ1n) is 8.59. The zero-order valence-corrected chi connectivity index (χ0v) is 14.9. The molecule has 2 aromatic rings. The van der Waals surface area contributed by atoms with Crippen LogP contribution in [0.25, 0.3) is 0 Å². The van der Waals surface area contributed by atoms with E-state index in [1.54, 1.807) is 0 Å². The minimum Gasteiger partial charge on any atom is -0.342 e. The molecule has 0 aromatic carbocycles. The Kier molecular flexibility index (Phi) is 4.69. The fraction of sp³-hybridized carbons (Fsp3) is 0.647. The van der Waals surface area contributed by atoms with Gasteiger partial charge in [0.1, 0.15) is 0 Å². The van der Waals surface area contributed by atoms with Crippen LogP contribution in [0.15, 0.2) is 4.52 Å². The average molecular weight is 331 g/mol. The number of rotatable bonds is 4. The zero-order valence-electron chi connectivity index (χ0n) is 14.9. The Morgan fingerprint density at radius 3 is 2.79 bits per heavy atom. The number of hydrogen-bond acceptors (Lipinski definition) is 5. The molecule has 0 aliphatic carbocycles. The summed E-state index contributed by atoms with van der Waals surface area (Å²) in [4.78, 5) is 19.1. The third-order valence-electron chi connectivity index (χ3n) is 4.91. The van der Waals surface area contributed by atoms with Crippen molar-refractivity contribution in [3.63, 3.8) is 0 Å². The third-order valence-corrected chi connectivity index (χ3v) is 4.91. The molecule has 7 nitrogen and oxygen atoms in total. The molecule has 1 amide bonds. The second kappa shape index (κ2) is 6.75. The van der Waals surface area contributed by atoms with Crippen LogP contribution in [0.2, 0.25) is 0 Å².